The molecule has 0 aromatic heterocycles. The fourth-order valence-electron chi connectivity index (χ4n) is 2.88. The zero-order chi connectivity index (χ0) is 13.9. The minimum absolute atomic E-state index is 0.0904. The molecule has 2 atom stereocenters. The molecule has 0 amide bonds. The number of alkyl halides is 3. The molecule has 2 unspecified atom stereocenters. The van der Waals surface area contributed by atoms with Gasteiger partial charge in [-0.05, 0) is 38.5 Å². The molecule has 0 spiro atoms. The summed E-state index contributed by atoms with van der Waals surface area (Å²) in [5, 5.41) is 0. The van der Waals surface area contributed by atoms with Crippen LogP contribution in [-0.4, -0.2) is 24.7 Å². The number of allylic oxidation sites excluding steroid dienone is 1. The summed E-state index contributed by atoms with van der Waals surface area (Å²) in [6.45, 7) is -1.19. The van der Waals surface area contributed by atoms with E-state index >= 15 is 0 Å². The molecule has 0 radical (unpaired) electrons. The number of carbonyl (C=O) groups excluding carboxylic acids is 1. The van der Waals surface area contributed by atoms with Gasteiger partial charge in [0.2, 0.25) is 0 Å². The molecule has 0 aromatic rings. The minimum atomic E-state index is -4.27. The molecule has 0 bridgehead atoms. The second kappa shape index (κ2) is 6.07. The lowest BCUT2D eigenvalue weighted by atomic mass is 9.89. The number of hydrogen-bond donors (Lipinski definition) is 0. The van der Waals surface area contributed by atoms with E-state index in [-0.39, 0.29) is 5.92 Å². The Morgan fingerprint density at radius 1 is 1.21 bits per heavy atom. The lowest BCUT2D eigenvalue weighted by molar-refractivity contribution is -0.181. The van der Waals surface area contributed by atoms with E-state index in [2.05, 4.69) is 0 Å². The second-order valence-corrected chi connectivity index (χ2v) is 5.44. The first-order chi connectivity index (χ1) is 8.94. The zero-order valence-electron chi connectivity index (χ0n) is 10.8. The fourth-order valence-corrected chi connectivity index (χ4v) is 2.88. The van der Waals surface area contributed by atoms with Crippen molar-refractivity contribution in [2.75, 3.05) is 6.61 Å². The van der Waals surface area contributed by atoms with Gasteiger partial charge in [0.05, 0.1) is 6.10 Å². The van der Waals surface area contributed by atoms with Gasteiger partial charge in [-0.3, -0.25) is 4.79 Å². The number of carbonyl (C=O) groups is 1. The van der Waals surface area contributed by atoms with Crippen LogP contribution in [0.3, 0.4) is 0 Å². The Morgan fingerprint density at radius 3 is 2.58 bits per heavy atom. The van der Waals surface area contributed by atoms with E-state index < -0.39 is 18.9 Å². The number of halogens is 3. The van der Waals surface area contributed by atoms with Crippen molar-refractivity contribution < 1.29 is 22.7 Å². The number of rotatable bonds is 4. The summed E-state index contributed by atoms with van der Waals surface area (Å²) in [4.78, 5) is 11.6. The van der Waals surface area contributed by atoms with Crippen molar-refractivity contribution in [2.24, 2.45) is 5.92 Å². The standard InChI is InChI=1S/C14H19F3O2/c15-14(16,17)9-19-12-5-1-3-10(8-12)7-11-4-2-6-13(11)18/h8,11-12H,1-7,9H2. The molecule has 19 heavy (non-hydrogen) atoms. The lowest BCUT2D eigenvalue weighted by Gasteiger charge is -2.23. The molecular formula is C14H19F3O2. The normalized spacial score (nSPS) is 28.6. The van der Waals surface area contributed by atoms with Gasteiger partial charge in [-0.25, -0.2) is 0 Å². The van der Waals surface area contributed by atoms with Crippen molar-refractivity contribution in [1.29, 1.82) is 0 Å². The largest absolute Gasteiger partial charge is 0.411 e. The Labute approximate surface area is 111 Å². The van der Waals surface area contributed by atoms with Crippen LogP contribution in [0.25, 0.3) is 0 Å². The summed E-state index contributed by atoms with van der Waals surface area (Å²) in [6.07, 6.45) is 2.70. The maximum absolute atomic E-state index is 12.1. The lowest BCUT2D eigenvalue weighted by Crippen LogP contribution is -2.24. The van der Waals surface area contributed by atoms with Gasteiger partial charge >= 0.3 is 6.18 Å². The van der Waals surface area contributed by atoms with Gasteiger partial charge in [0.15, 0.2) is 0 Å². The van der Waals surface area contributed by atoms with E-state index in [9.17, 15) is 18.0 Å². The van der Waals surface area contributed by atoms with Crippen LogP contribution in [0.2, 0.25) is 0 Å². The average molecular weight is 276 g/mol. The zero-order valence-corrected chi connectivity index (χ0v) is 10.8. The fraction of sp³-hybridized carbons (Fsp3) is 0.786. The van der Waals surface area contributed by atoms with Gasteiger partial charge in [0.25, 0.3) is 0 Å². The predicted molar refractivity (Wildman–Crippen MR) is 64.7 cm³/mol. The topological polar surface area (TPSA) is 26.3 Å². The summed E-state index contributed by atoms with van der Waals surface area (Å²) >= 11 is 0. The SMILES string of the molecule is O=C1CCCC1CC1=CC(OCC(F)(F)F)CCC1. The number of hydrogen-bond acceptors (Lipinski definition) is 2. The van der Waals surface area contributed by atoms with Crippen LogP contribution in [-0.2, 0) is 9.53 Å². The van der Waals surface area contributed by atoms with Gasteiger partial charge in [0, 0.05) is 12.3 Å². The van der Waals surface area contributed by atoms with E-state index in [1.807, 2.05) is 0 Å². The molecular weight excluding hydrogens is 257 g/mol. The van der Waals surface area contributed by atoms with Crippen molar-refractivity contribution in [1.82, 2.24) is 0 Å². The van der Waals surface area contributed by atoms with Crippen molar-refractivity contribution in [3.63, 3.8) is 0 Å². The molecule has 5 heteroatoms. The molecule has 2 aliphatic rings. The average Bonchev–Trinajstić information content (AvgIpc) is 2.72. The van der Waals surface area contributed by atoms with Crippen LogP contribution in [0.15, 0.2) is 11.6 Å². The first-order valence-electron chi connectivity index (χ1n) is 6.85. The van der Waals surface area contributed by atoms with Crippen molar-refractivity contribution >= 4 is 5.78 Å². The molecule has 0 aliphatic heterocycles. The van der Waals surface area contributed by atoms with Crippen molar-refractivity contribution in [3.8, 4) is 0 Å². The van der Waals surface area contributed by atoms with Crippen LogP contribution in [0.1, 0.15) is 44.9 Å². The first-order valence-corrected chi connectivity index (χ1v) is 6.85. The third-order valence-corrected chi connectivity index (χ3v) is 3.81. The van der Waals surface area contributed by atoms with Gasteiger partial charge in [-0.2, -0.15) is 13.2 Å². The van der Waals surface area contributed by atoms with Gasteiger partial charge in [-0.15, -0.1) is 0 Å². The Kier molecular flexibility index (Phi) is 4.66. The van der Waals surface area contributed by atoms with Gasteiger partial charge in [-0.1, -0.05) is 11.6 Å². The Balaban J connectivity index is 1.86. The van der Waals surface area contributed by atoms with Crippen LogP contribution in [0.4, 0.5) is 13.2 Å². The smallest absolute Gasteiger partial charge is 0.365 e. The Hall–Kier alpha value is -0.840. The van der Waals surface area contributed by atoms with Gasteiger partial charge < -0.3 is 4.74 Å². The molecule has 2 rings (SSSR count). The number of ketones is 1. The molecule has 0 aromatic carbocycles. The van der Waals surface area contributed by atoms with E-state index in [1.165, 1.54) is 0 Å². The quantitative estimate of drug-likeness (QED) is 0.730. The molecule has 0 N–H and O–H groups in total. The van der Waals surface area contributed by atoms with E-state index in [0.717, 1.165) is 31.3 Å². The van der Waals surface area contributed by atoms with Crippen molar-refractivity contribution in [3.05, 3.63) is 11.6 Å². The third-order valence-electron chi connectivity index (χ3n) is 3.81. The number of ether oxygens (including phenoxy) is 1. The monoisotopic (exact) mass is 276 g/mol. The van der Waals surface area contributed by atoms with E-state index in [4.69, 9.17) is 4.74 Å². The third kappa shape index (κ3) is 4.64. The van der Waals surface area contributed by atoms with Crippen LogP contribution >= 0.6 is 0 Å². The van der Waals surface area contributed by atoms with Crippen LogP contribution in [0, 0.1) is 5.92 Å². The van der Waals surface area contributed by atoms with Gasteiger partial charge in [0.1, 0.15) is 12.4 Å². The highest BCUT2D eigenvalue weighted by Gasteiger charge is 2.30. The Bertz CT molecular complexity index is 360. The van der Waals surface area contributed by atoms with E-state index in [0.29, 0.717) is 25.0 Å². The molecule has 1 saturated carbocycles. The minimum Gasteiger partial charge on any atom is -0.365 e. The maximum atomic E-state index is 12.1. The number of Topliss-reactive ketones (excluding diaryl/α,β-unsaturated/α-hetero) is 1. The first kappa shape index (κ1) is 14.6. The summed E-state index contributed by atoms with van der Waals surface area (Å²) in [6, 6.07) is 0. The summed E-state index contributed by atoms with van der Waals surface area (Å²) < 4.78 is 41.2. The second-order valence-electron chi connectivity index (χ2n) is 5.44. The molecule has 2 nitrogen and oxygen atoms in total. The van der Waals surface area contributed by atoms with Crippen molar-refractivity contribution in [2.45, 2.75) is 57.2 Å². The molecule has 1 fully saturated rings. The highest BCUT2D eigenvalue weighted by Crippen LogP contribution is 2.32. The summed E-state index contributed by atoms with van der Waals surface area (Å²) in [5.41, 5.74) is 1.10. The van der Waals surface area contributed by atoms with Crippen LogP contribution in [0.5, 0.6) is 0 Å². The van der Waals surface area contributed by atoms with E-state index in [1.54, 1.807) is 6.08 Å². The molecule has 108 valence electrons. The Morgan fingerprint density at radius 2 is 1.95 bits per heavy atom. The summed E-state index contributed by atoms with van der Waals surface area (Å²) in [5.74, 6) is 0.395. The molecule has 2 aliphatic carbocycles. The highest BCUT2D eigenvalue weighted by atomic mass is 19.4. The molecule has 0 heterocycles. The summed E-state index contributed by atoms with van der Waals surface area (Å²) in [7, 11) is 0. The van der Waals surface area contributed by atoms with Crippen LogP contribution < -0.4 is 0 Å². The highest BCUT2D eigenvalue weighted by molar-refractivity contribution is 5.83. The molecule has 0 saturated heterocycles. The predicted octanol–water partition coefficient (Wildman–Crippen LogP) is 3.80. The maximum Gasteiger partial charge on any atom is 0.411 e.